The van der Waals surface area contributed by atoms with E-state index in [1.54, 1.807) is 12.1 Å². The number of rotatable bonds is 6. The summed E-state index contributed by atoms with van der Waals surface area (Å²) in [7, 11) is 0. The lowest BCUT2D eigenvalue weighted by Gasteiger charge is -2.34. The molecule has 1 N–H and O–H groups in total. The smallest absolute Gasteiger partial charge is 0.321 e. The molecule has 11 heteroatoms. The summed E-state index contributed by atoms with van der Waals surface area (Å²) in [5.41, 5.74) is -0.584. The number of anilines is 2. The third kappa shape index (κ3) is 5.33. The molecule has 0 radical (unpaired) electrons. The van der Waals surface area contributed by atoms with E-state index in [4.69, 9.17) is 4.74 Å². The number of nitrogens with one attached hydrogen (secondary N) is 1. The summed E-state index contributed by atoms with van der Waals surface area (Å²) < 4.78 is 59.0. The Morgan fingerprint density at radius 1 is 1.11 bits per heavy atom. The van der Waals surface area contributed by atoms with Gasteiger partial charge in [0.2, 0.25) is 0 Å². The van der Waals surface area contributed by atoms with Gasteiger partial charge in [0.25, 0.3) is 11.5 Å². The summed E-state index contributed by atoms with van der Waals surface area (Å²) in [6.07, 6.45) is 1.54. The van der Waals surface area contributed by atoms with Gasteiger partial charge in [0.05, 0.1) is 23.0 Å². The van der Waals surface area contributed by atoms with E-state index in [0.717, 1.165) is 24.4 Å². The highest BCUT2D eigenvalue weighted by Crippen LogP contribution is 2.31. The van der Waals surface area contributed by atoms with Crippen molar-refractivity contribution in [3.63, 3.8) is 0 Å². The molecule has 0 unspecified atom stereocenters. The molecular formula is C25H20F4N4O3. The second-order valence-electron chi connectivity index (χ2n) is 8.09. The van der Waals surface area contributed by atoms with Crippen LogP contribution in [0.15, 0.2) is 59.5 Å². The monoisotopic (exact) mass is 500 g/mol. The summed E-state index contributed by atoms with van der Waals surface area (Å²) in [5.74, 6) is -2.43. The lowest BCUT2D eigenvalue weighted by molar-refractivity contribution is 0.0659. The van der Waals surface area contributed by atoms with Gasteiger partial charge < -0.3 is 15.0 Å². The van der Waals surface area contributed by atoms with Crippen molar-refractivity contribution >= 4 is 17.3 Å². The topological polar surface area (TPSA) is 87.4 Å². The molecule has 1 aromatic heterocycles. The SMILES string of the molecule is N#Cc1ccc(N2CCC(Oc3ccc(F)cc3F)CC2)c(NC(=O)c2cccn(C(F)F)c2=O)c1. The number of hydrogen-bond acceptors (Lipinski definition) is 5. The average Bonchev–Trinajstić information content (AvgIpc) is 2.86. The molecule has 36 heavy (non-hydrogen) atoms. The fourth-order valence-corrected chi connectivity index (χ4v) is 3.97. The van der Waals surface area contributed by atoms with Crippen molar-refractivity contribution < 1.29 is 27.1 Å². The number of benzene rings is 2. The van der Waals surface area contributed by atoms with Crippen LogP contribution in [0.1, 0.15) is 35.3 Å². The number of nitrogens with zero attached hydrogens (tertiary/aromatic N) is 3. The first-order valence-electron chi connectivity index (χ1n) is 11.0. The van der Waals surface area contributed by atoms with Crippen molar-refractivity contribution in [3.05, 3.63) is 87.8 Å². The van der Waals surface area contributed by atoms with Gasteiger partial charge in [-0.1, -0.05) is 0 Å². The Kier molecular flexibility index (Phi) is 7.24. The maximum absolute atomic E-state index is 13.9. The van der Waals surface area contributed by atoms with E-state index in [1.165, 1.54) is 18.2 Å². The second-order valence-corrected chi connectivity index (χ2v) is 8.09. The van der Waals surface area contributed by atoms with Crippen LogP contribution in [0.2, 0.25) is 0 Å². The molecule has 0 atom stereocenters. The predicted octanol–water partition coefficient (Wildman–Crippen LogP) is 4.69. The molecule has 0 saturated carbocycles. The molecule has 2 heterocycles. The Morgan fingerprint density at radius 3 is 2.53 bits per heavy atom. The molecule has 3 aromatic rings. The van der Waals surface area contributed by atoms with Gasteiger partial charge in [-0.15, -0.1) is 0 Å². The summed E-state index contributed by atoms with van der Waals surface area (Å²) in [4.78, 5) is 27.0. The molecular weight excluding hydrogens is 480 g/mol. The maximum Gasteiger partial charge on any atom is 0.321 e. The molecule has 4 rings (SSSR count). The van der Waals surface area contributed by atoms with E-state index in [1.807, 2.05) is 11.0 Å². The van der Waals surface area contributed by atoms with Gasteiger partial charge in [0, 0.05) is 38.2 Å². The standard InChI is InChI=1S/C25H20F4N4O3/c26-16-4-6-22(19(27)13-16)36-17-7-10-32(11-8-17)21-5-3-15(14-30)12-20(21)31-23(34)18-2-1-9-33(24(18)35)25(28)29/h1-6,9,12-13,17,25H,7-8,10-11H2,(H,31,34). The third-order valence-corrected chi connectivity index (χ3v) is 5.77. The Bertz CT molecular complexity index is 1380. The molecule has 0 bridgehead atoms. The Balaban J connectivity index is 1.51. The second kappa shape index (κ2) is 10.5. The number of carbonyl (C=O) groups is 1. The first-order valence-corrected chi connectivity index (χ1v) is 11.0. The van der Waals surface area contributed by atoms with Crippen LogP contribution in [-0.4, -0.2) is 29.7 Å². The molecule has 2 aromatic carbocycles. The van der Waals surface area contributed by atoms with Crippen molar-refractivity contribution in [2.75, 3.05) is 23.3 Å². The quantitative estimate of drug-likeness (QED) is 0.496. The van der Waals surface area contributed by atoms with Gasteiger partial charge in [0.15, 0.2) is 11.6 Å². The lowest BCUT2D eigenvalue weighted by atomic mass is 10.1. The molecule has 186 valence electrons. The fraction of sp³-hybridized carbons (Fsp3) is 0.240. The molecule has 1 amide bonds. The highest BCUT2D eigenvalue weighted by molar-refractivity contribution is 6.05. The Morgan fingerprint density at radius 2 is 1.86 bits per heavy atom. The van der Waals surface area contributed by atoms with Crippen LogP contribution in [0, 0.1) is 23.0 Å². The highest BCUT2D eigenvalue weighted by atomic mass is 19.3. The van der Waals surface area contributed by atoms with Crippen molar-refractivity contribution in [1.29, 1.82) is 5.26 Å². The highest BCUT2D eigenvalue weighted by Gasteiger charge is 2.25. The van der Waals surface area contributed by atoms with Crippen molar-refractivity contribution in [3.8, 4) is 11.8 Å². The number of carbonyl (C=O) groups excluding carboxylic acids is 1. The van der Waals surface area contributed by atoms with Crippen molar-refractivity contribution in [2.24, 2.45) is 0 Å². The van der Waals surface area contributed by atoms with Gasteiger partial charge in [-0.3, -0.25) is 14.2 Å². The van der Waals surface area contributed by atoms with Gasteiger partial charge >= 0.3 is 6.55 Å². The molecule has 1 saturated heterocycles. The number of ether oxygens (including phenoxy) is 1. The minimum Gasteiger partial charge on any atom is -0.487 e. The number of aromatic nitrogens is 1. The fourth-order valence-electron chi connectivity index (χ4n) is 3.97. The first kappa shape index (κ1) is 24.8. The summed E-state index contributed by atoms with van der Waals surface area (Å²) in [6.45, 7) is -2.20. The van der Waals surface area contributed by atoms with Crippen LogP contribution in [0.4, 0.5) is 28.9 Å². The molecule has 7 nitrogen and oxygen atoms in total. The third-order valence-electron chi connectivity index (χ3n) is 5.77. The molecule has 1 aliphatic rings. The van der Waals surface area contributed by atoms with E-state index >= 15 is 0 Å². The minimum atomic E-state index is -3.10. The predicted molar refractivity (Wildman–Crippen MR) is 123 cm³/mol. The van der Waals surface area contributed by atoms with Gasteiger partial charge in [-0.05, 0) is 42.5 Å². The zero-order valence-electron chi connectivity index (χ0n) is 18.8. The molecule has 0 aliphatic carbocycles. The number of halogens is 4. The molecule has 0 spiro atoms. The molecule has 1 aliphatic heterocycles. The summed E-state index contributed by atoms with van der Waals surface area (Å²) in [5, 5.41) is 11.9. The maximum atomic E-state index is 13.9. The Hall–Kier alpha value is -4.33. The minimum absolute atomic E-state index is 0.0431. The van der Waals surface area contributed by atoms with Gasteiger partial charge in [-0.25, -0.2) is 8.78 Å². The van der Waals surface area contributed by atoms with Crippen LogP contribution in [0.5, 0.6) is 5.75 Å². The summed E-state index contributed by atoms with van der Waals surface area (Å²) >= 11 is 0. The number of amides is 1. The molecule has 1 fully saturated rings. The van der Waals surface area contributed by atoms with Gasteiger partial charge in [-0.2, -0.15) is 14.0 Å². The number of piperidine rings is 1. The van der Waals surface area contributed by atoms with E-state index in [9.17, 15) is 32.4 Å². The normalized spacial score (nSPS) is 13.9. The first-order chi connectivity index (χ1) is 17.3. The van der Waals surface area contributed by atoms with Crippen LogP contribution < -0.4 is 20.5 Å². The van der Waals surface area contributed by atoms with Crippen LogP contribution >= 0.6 is 0 Å². The largest absolute Gasteiger partial charge is 0.487 e. The van der Waals surface area contributed by atoms with Gasteiger partial charge in [0.1, 0.15) is 17.5 Å². The lowest BCUT2D eigenvalue weighted by Crippen LogP contribution is -2.39. The van der Waals surface area contributed by atoms with Crippen LogP contribution in [0.3, 0.4) is 0 Å². The van der Waals surface area contributed by atoms with E-state index in [0.29, 0.717) is 31.6 Å². The van der Waals surface area contributed by atoms with Crippen molar-refractivity contribution in [1.82, 2.24) is 4.57 Å². The van der Waals surface area contributed by atoms with E-state index in [-0.39, 0.29) is 27.7 Å². The van der Waals surface area contributed by atoms with E-state index in [2.05, 4.69) is 5.32 Å². The number of nitriles is 1. The van der Waals surface area contributed by atoms with Crippen molar-refractivity contribution in [2.45, 2.75) is 25.5 Å². The zero-order chi connectivity index (χ0) is 25.8. The zero-order valence-corrected chi connectivity index (χ0v) is 18.8. The van der Waals surface area contributed by atoms with E-state index < -0.39 is 35.2 Å². The number of hydrogen-bond donors (Lipinski definition) is 1. The van der Waals surface area contributed by atoms with Crippen LogP contribution in [0.25, 0.3) is 0 Å². The summed E-state index contributed by atoms with van der Waals surface area (Å²) in [6, 6.07) is 12.0. The van der Waals surface area contributed by atoms with Crippen LogP contribution in [-0.2, 0) is 0 Å². The Labute approximate surface area is 203 Å². The number of alkyl halides is 2. The number of pyridine rings is 1. The average molecular weight is 500 g/mol.